The minimum atomic E-state index is -5.84. The molecule has 5 aromatic carbocycles. The third-order valence-electron chi connectivity index (χ3n) is 9.57. The van der Waals surface area contributed by atoms with Crippen LogP contribution in [-0.2, 0) is 10.1 Å². The molecule has 2 atom stereocenters. The minimum absolute atomic E-state index is 0.620. The number of halogens is 3. The quantitative estimate of drug-likeness (QED) is 0.0620. The van der Waals surface area contributed by atoms with E-state index in [1.807, 2.05) is 0 Å². The molecule has 5 rings (SSSR count). The Kier molecular flexibility index (Phi) is 15.0. The number of hydrogen-bond acceptors (Lipinski definition) is 4. The van der Waals surface area contributed by atoms with Crippen molar-refractivity contribution in [1.82, 2.24) is 0 Å². The van der Waals surface area contributed by atoms with E-state index in [1.54, 1.807) is 0 Å². The summed E-state index contributed by atoms with van der Waals surface area (Å²) in [6.45, 7) is 10.6. The van der Waals surface area contributed by atoms with Gasteiger partial charge in [-0.3, -0.25) is 4.55 Å². The van der Waals surface area contributed by atoms with Gasteiger partial charge in [0.05, 0.1) is 13.2 Å². The molecule has 9 heteroatoms. The first-order valence-corrected chi connectivity index (χ1v) is 19.8. The highest BCUT2D eigenvalue weighted by Crippen LogP contribution is 2.44. The Bertz CT molecular complexity index is 1780. The highest BCUT2D eigenvalue weighted by Gasteiger charge is 2.44. The molecule has 0 saturated carbocycles. The van der Waals surface area contributed by atoms with Gasteiger partial charge in [-0.15, -0.1) is 0 Å². The molecular formula is C43H51F3O5S. The molecule has 1 N–H and O–H groups in total. The molecule has 5 nitrogen and oxygen atoms in total. The Morgan fingerprint density at radius 3 is 1.13 bits per heavy atom. The Hall–Kier alpha value is -4.08. The van der Waals surface area contributed by atoms with Crippen LogP contribution < -0.4 is 9.47 Å². The molecule has 0 radical (unpaired) electrons. The van der Waals surface area contributed by atoms with Crippen LogP contribution in [0.2, 0.25) is 0 Å². The zero-order valence-corrected chi connectivity index (χ0v) is 31.4. The van der Waals surface area contributed by atoms with Gasteiger partial charge >= 0.3 is 15.6 Å². The molecule has 5 aromatic rings. The monoisotopic (exact) mass is 736 g/mol. The standard InChI is InChI=1S/C42H50O2.CHF3O3S/c1-5-9-15-31(7-3)29-43-35-25-21-33(22-26-35)41-37-17-11-13-19-39(37)42(40-20-14-12-18-38(40)41)34-23-27-36(28-24-34)44-30-32(8-4)16-10-6-2;2-1(3,4)8(5,6)7/h11-14,17-28,31-32H,5-10,15-16,29-30H2,1-4H3;(H,5,6,7). The molecule has 0 spiro atoms. The SMILES string of the molecule is CCCCC(CC)COc1ccc(-c2c3ccccc3c(-c3ccc(OCC(CC)CCCC)cc3)c3ccccc23)cc1.O=S(=O)(O)C(F)(F)F. The average Bonchev–Trinajstić information content (AvgIpc) is 3.14. The van der Waals surface area contributed by atoms with Crippen LogP contribution in [0.25, 0.3) is 43.8 Å². The Morgan fingerprint density at radius 1 is 0.577 bits per heavy atom. The Morgan fingerprint density at radius 2 is 0.885 bits per heavy atom. The molecule has 0 aromatic heterocycles. The second-order valence-electron chi connectivity index (χ2n) is 13.3. The highest BCUT2D eigenvalue weighted by atomic mass is 32.2. The van der Waals surface area contributed by atoms with Gasteiger partial charge in [-0.05, 0) is 92.7 Å². The van der Waals surface area contributed by atoms with Crippen molar-refractivity contribution in [2.45, 2.75) is 84.6 Å². The minimum Gasteiger partial charge on any atom is -0.493 e. The van der Waals surface area contributed by atoms with E-state index in [1.165, 1.54) is 82.3 Å². The number of rotatable bonds is 16. The summed E-state index contributed by atoms with van der Waals surface area (Å²) in [6.07, 6.45) is 9.83. The largest absolute Gasteiger partial charge is 0.522 e. The number of hydrogen-bond donors (Lipinski definition) is 1. The Balaban J connectivity index is 0.000000677. The fraction of sp³-hybridized carbons (Fsp3) is 0.395. The van der Waals surface area contributed by atoms with Gasteiger partial charge in [0.25, 0.3) is 0 Å². The summed E-state index contributed by atoms with van der Waals surface area (Å²) < 4.78 is 70.0. The van der Waals surface area contributed by atoms with Gasteiger partial charge in [0.15, 0.2) is 0 Å². The average molecular weight is 737 g/mol. The third-order valence-corrected chi connectivity index (χ3v) is 10.2. The molecule has 52 heavy (non-hydrogen) atoms. The number of fused-ring (bicyclic) bond motifs is 2. The number of alkyl halides is 3. The number of benzene rings is 5. The van der Waals surface area contributed by atoms with E-state index in [0.29, 0.717) is 11.8 Å². The van der Waals surface area contributed by atoms with E-state index in [9.17, 15) is 13.2 Å². The molecular weight excluding hydrogens is 686 g/mol. The summed E-state index contributed by atoms with van der Waals surface area (Å²) in [4.78, 5) is 0. The van der Waals surface area contributed by atoms with Gasteiger partial charge in [0, 0.05) is 0 Å². The van der Waals surface area contributed by atoms with Crippen LogP contribution in [0.4, 0.5) is 13.2 Å². The normalized spacial score (nSPS) is 13.0. The van der Waals surface area contributed by atoms with E-state index in [4.69, 9.17) is 22.4 Å². The summed E-state index contributed by atoms with van der Waals surface area (Å²) in [5.74, 6) is 3.14. The first kappa shape index (κ1) is 40.7. The van der Waals surface area contributed by atoms with Gasteiger partial charge in [0.2, 0.25) is 0 Å². The molecule has 0 amide bonds. The molecule has 0 aliphatic carbocycles. The lowest BCUT2D eigenvalue weighted by Crippen LogP contribution is -2.21. The molecule has 0 aliphatic rings. The van der Waals surface area contributed by atoms with Crippen molar-refractivity contribution in [1.29, 1.82) is 0 Å². The van der Waals surface area contributed by atoms with Crippen LogP contribution in [0.1, 0.15) is 79.1 Å². The van der Waals surface area contributed by atoms with Crippen molar-refractivity contribution in [3.05, 3.63) is 97.1 Å². The van der Waals surface area contributed by atoms with E-state index < -0.39 is 15.6 Å². The Labute approximate surface area is 306 Å². The maximum absolute atomic E-state index is 10.7. The lowest BCUT2D eigenvalue weighted by atomic mass is 9.86. The maximum Gasteiger partial charge on any atom is 0.522 e. The van der Waals surface area contributed by atoms with Crippen LogP contribution in [0.3, 0.4) is 0 Å². The molecule has 0 saturated heterocycles. The second-order valence-corrected chi connectivity index (χ2v) is 14.7. The fourth-order valence-corrected chi connectivity index (χ4v) is 6.41. The van der Waals surface area contributed by atoms with Crippen LogP contribution in [0.5, 0.6) is 11.5 Å². The van der Waals surface area contributed by atoms with Gasteiger partial charge in [-0.2, -0.15) is 21.6 Å². The summed E-state index contributed by atoms with van der Waals surface area (Å²) in [6, 6.07) is 35.2. The smallest absolute Gasteiger partial charge is 0.493 e. The van der Waals surface area contributed by atoms with Gasteiger partial charge < -0.3 is 9.47 Å². The van der Waals surface area contributed by atoms with Crippen LogP contribution in [0.15, 0.2) is 97.1 Å². The van der Waals surface area contributed by atoms with E-state index in [2.05, 4.69) is 125 Å². The van der Waals surface area contributed by atoms with Crippen molar-refractivity contribution >= 4 is 31.7 Å². The van der Waals surface area contributed by atoms with Crippen molar-refractivity contribution in [2.75, 3.05) is 13.2 Å². The number of ether oxygens (including phenoxy) is 2. The molecule has 2 unspecified atom stereocenters. The molecule has 0 aliphatic heterocycles. The van der Waals surface area contributed by atoms with Gasteiger partial charge in [0.1, 0.15) is 11.5 Å². The second kappa shape index (κ2) is 19.1. The molecule has 0 heterocycles. The lowest BCUT2D eigenvalue weighted by Gasteiger charge is -2.19. The summed E-state index contributed by atoms with van der Waals surface area (Å²) in [7, 11) is -5.84. The summed E-state index contributed by atoms with van der Waals surface area (Å²) in [5.41, 5.74) is -0.553. The first-order chi connectivity index (χ1) is 24.9. The third kappa shape index (κ3) is 10.7. The van der Waals surface area contributed by atoms with E-state index in [0.717, 1.165) is 37.6 Å². The van der Waals surface area contributed by atoms with Crippen molar-refractivity contribution in [3.63, 3.8) is 0 Å². The summed E-state index contributed by atoms with van der Waals surface area (Å²) >= 11 is 0. The van der Waals surface area contributed by atoms with Crippen molar-refractivity contribution < 1.29 is 35.6 Å². The molecule has 0 bridgehead atoms. The highest BCUT2D eigenvalue weighted by molar-refractivity contribution is 7.86. The van der Waals surface area contributed by atoms with Crippen LogP contribution >= 0.6 is 0 Å². The molecule has 280 valence electrons. The van der Waals surface area contributed by atoms with E-state index >= 15 is 0 Å². The number of unbranched alkanes of at least 4 members (excludes halogenated alkanes) is 2. The fourth-order valence-electron chi connectivity index (χ4n) is 6.41. The predicted octanol–water partition coefficient (Wildman–Crippen LogP) is 12.9. The summed E-state index contributed by atoms with van der Waals surface area (Å²) in [5, 5.41) is 5.06. The van der Waals surface area contributed by atoms with Crippen molar-refractivity contribution in [3.8, 4) is 33.8 Å². The predicted molar refractivity (Wildman–Crippen MR) is 208 cm³/mol. The van der Waals surface area contributed by atoms with Crippen molar-refractivity contribution in [2.24, 2.45) is 11.8 Å². The van der Waals surface area contributed by atoms with Gasteiger partial charge in [-0.1, -0.05) is 139 Å². The van der Waals surface area contributed by atoms with E-state index in [-0.39, 0.29) is 0 Å². The first-order valence-electron chi connectivity index (χ1n) is 18.3. The molecule has 0 fully saturated rings. The topological polar surface area (TPSA) is 72.8 Å². The zero-order valence-electron chi connectivity index (χ0n) is 30.6. The zero-order chi connectivity index (χ0) is 37.7. The van der Waals surface area contributed by atoms with Gasteiger partial charge in [-0.25, -0.2) is 0 Å². The van der Waals surface area contributed by atoms with Crippen LogP contribution in [0, 0.1) is 11.8 Å². The van der Waals surface area contributed by atoms with Crippen LogP contribution in [-0.4, -0.2) is 31.7 Å². The lowest BCUT2D eigenvalue weighted by molar-refractivity contribution is -0.0510. The maximum atomic E-state index is 10.7.